The smallest absolute Gasteiger partial charge is 0.265 e. The summed E-state index contributed by atoms with van der Waals surface area (Å²) in [5, 5.41) is 2.69. The molecule has 3 N–H and O–H groups in total. The number of carbonyl (C=O) groups excluding carboxylic acids is 2. The number of hydrogen-bond donors (Lipinski definition) is 3. The average molecular weight is 327 g/mol. The van der Waals surface area contributed by atoms with E-state index < -0.39 is 0 Å². The van der Waals surface area contributed by atoms with Gasteiger partial charge in [0.05, 0.1) is 0 Å². The van der Waals surface area contributed by atoms with Crippen LogP contribution in [0.2, 0.25) is 0 Å². The van der Waals surface area contributed by atoms with E-state index in [0.717, 1.165) is 11.3 Å². The molecule has 0 bridgehead atoms. The lowest BCUT2D eigenvalue weighted by Gasteiger charge is -2.10. The molecule has 0 unspecified atom stereocenters. The Morgan fingerprint density at radius 2 is 1.75 bits per heavy atom. The molecule has 24 heavy (non-hydrogen) atoms. The van der Waals surface area contributed by atoms with Gasteiger partial charge in [0, 0.05) is 24.7 Å². The fraction of sp³-hybridized carbons (Fsp3) is 0.222. The summed E-state index contributed by atoms with van der Waals surface area (Å²) in [6, 6.07) is 14.5. The molecule has 2 aromatic rings. The first-order valence-electron chi connectivity index (χ1n) is 7.65. The van der Waals surface area contributed by atoms with E-state index in [2.05, 4.69) is 16.2 Å². The predicted molar refractivity (Wildman–Crippen MR) is 92.9 cm³/mol. The molecule has 2 aromatic carbocycles. The maximum absolute atomic E-state index is 12.0. The second-order valence-corrected chi connectivity index (χ2v) is 5.25. The minimum absolute atomic E-state index is 0.114. The minimum atomic E-state index is -0.173. The topological polar surface area (TPSA) is 79.5 Å². The van der Waals surface area contributed by atoms with Crippen LogP contribution in [0, 0.1) is 6.92 Å². The van der Waals surface area contributed by atoms with Crippen molar-refractivity contribution in [1.29, 1.82) is 0 Å². The van der Waals surface area contributed by atoms with Gasteiger partial charge >= 0.3 is 0 Å². The molecular formula is C18H21N3O3. The normalized spacial score (nSPS) is 10.1. The Morgan fingerprint density at radius 3 is 2.42 bits per heavy atom. The monoisotopic (exact) mass is 327 g/mol. The molecule has 0 saturated carbocycles. The zero-order valence-corrected chi connectivity index (χ0v) is 13.8. The molecule has 6 nitrogen and oxygen atoms in total. The Hall–Kier alpha value is -2.86. The molecule has 0 atom stereocenters. The van der Waals surface area contributed by atoms with E-state index >= 15 is 0 Å². The van der Waals surface area contributed by atoms with Crippen LogP contribution in [-0.2, 0) is 4.79 Å². The van der Waals surface area contributed by atoms with E-state index in [-0.39, 0.29) is 11.8 Å². The van der Waals surface area contributed by atoms with Crippen LogP contribution in [0.25, 0.3) is 0 Å². The molecule has 0 aliphatic rings. The van der Waals surface area contributed by atoms with Crippen molar-refractivity contribution >= 4 is 17.5 Å². The summed E-state index contributed by atoms with van der Waals surface area (Å²) in [5.74, 6) is 0.404. The van der Waals surface area contributed by atoms with Crippen molar-refractivity contribution in [3.05, 3.63) is 59.7 Å². The number of hydrazine groups is 1. The molecule has 6 heteroatoms. The molecule has 2 amide bonds. The number of nitrogens with one attached hydrogen (secondary N) is 3. The summed E-state index contributed by atoms with van der Waals surface area (Å²) in [5.41, 5.74) is 7.76. The molecule has 0 aliphatic carbocycles. The highest BCUT2D eigenvalue weighted by molar-refractivity contribution is 5.95. The Morgan fingerprint density at radius 1 is 1.04 bits per heavy atom. The van der Waals surface area contributed by atoms with Crippen LogP contribution in [0.1, 0.15) is 22.8 Å². The summed E-state index contributed by atoms with van der Waals surface area (Å²) in [6.07, 6.45) is 0. The van der Waals surface area contributed by atoms with Crippen molar-refractivity contribution in [2.45, 2.75) is 13.8 Å². The van der Waals surface area contributed by atoms with Crippen molar-refractivity contribution in [3.63, 3.8) is 0 Å². The van der Waals surface area contributed by atoms with Gasteiger partial charge in [0.1, 0.15) is 12.4 Å². The molecule has 0 spiro atoms. The van der Waals surface area contributed by atoms with Gasteiger partial charge in [-0.15, -0.1) is 0 Å². The van der Waals surface area contributed by atoms with E-state index in [1.807, 2.05) is 25.1 Å². The number of hydrogen-bond acceptors (Lipinski definition) is 4. The molecule has 2 rings (SSSR count). The first-order valence-corrected chi connectivity index (χ1v) is 7.65. The zero-order chi connectivity index (χ0) is 17.4. The number of carbonyl (C=O) groups is 2. The average Bonchev–Trinajstić information content (AvgIpc) is 2.56. The minimum Gasteiger partial charge on any atom is -0.492 e. The first kappa shape index (κ1) is 17.5. The number of benzene rings is 2. The summed E-state index contributed by atoms with van der Waals surface area (Å²) in [4.78, 5) is 22.9. The van der Waals surface area contributed by atoms with Crippen molar-refractivity contribution < 1.29 is 14.3 Å². The lowest BCUT2D eigenvalue weighted by atomic mass is 10.1. The maximum atomic E-state index is 12.0. The molecule has 0 heterocycles. The summed E-state index contributed by atoms with van der Waals surface area (Å²) in [7, 11) is 0. The van der Waals surface area contributed by atoms with Gasteiger partial charge in [-0.25, -0.2) is 5.43 Å². The van der Waals surface area contributed by atoms with Crippen molar-refractivity contribution in [2.75, 3.05) is 18.5 Å². The third-order valence-electron chi connectivity index (χ3n) is 3.26. The Balaban J connectivity index is 1.69. The SMILES string of the molecule is CC(=O)Nc1ccc(OCCNNC(=O)c2ccccc2C)cc1. The molecular weight excluding hydrogens is 306 g/mol. The number of aryl methyl sites for hydroxylation is 1. The van der Waals surface area contributed by atoms with Gasteiger partial charge in [0.2, 0.25) is 5.91 Å². The zero-order valence-electron chi connectivity index (χ0n) is 13.8. The fourth-order valence-electron chi connectivity index (χ4n) is 2.10. The van der Waals surface area contributed by atoms with Crippen LogP contribution in [0.4, 0.5) is 5.69 Å². The summed E-state index contributed by atoms with van der Waals surface area (Å²) >= 11 is 0. The van der Waals surface area contributed by atoms with Crippen LogP contribution < -0.4 is 20.9 Å². The maximum Gasteiger partial charge on any atom is 0.265 e. The second-order valence-electron chi connectivity index (χ2n) is 5.25. The highest BCUT2D eigenvalue weighted by Crippen LogP contribution is 2.15. The number of rotatable bonds is 7. The molecule has 0 radical (unpaired) electrons. The van der Waals surface area contributed by atoms with Crippen molar-refractivity contribution in [2.24, 2.45) is 0 Å². The van der Waals surface area contributed by atoms with E-state index in [1.165, 1.54) is 6.92 Å². The van der Waals surface area contributed by atoms with Gasteiger partial charge in [-0.2, -0.15) is 0 Å². The second kappa shape index (κ2) is 8.69. The molecule has 0 fully saturated rings. The van der Waals surface area contributed by atoms with Gasteiger partial charge in [0.25, 0.3) is 5.91 Å². The Labute approximate surface area is 141 Å². The lowest BCUT2D eigenvalue weighted by Crippen LogP contribution is -2.39. The van der Waals surface area contributed by atoms with Crippen molar-refractivity contribution in [3.8, 4) is 5.75 Å². The molecule has 0 saturated heterocycles. The molecule has 0 aliphatic heterocycles. The highest BCUT2D eigenvalue weighted by Gasteiger charge is 2.06. The molecule has 126 valence electrons. The third kappa shape index (κ3) is 5.40. The number of ether oxygens (including phenoxy) is 1. The number of amides is 2. The number of anilines is 1. The first-order chi connectivity index (χ1) is 11.6. The van der Waals surface area contributed by atoms with Gasteiger partial charge in [-0.1, -0.05) is 18.2 Å². The van der Waals surface area contributed by atoms with Gasteiger partial charge < -0.3 is 10.1 Å². The van der Waals surface area contributed by atoms with Crippen LogP contribution in [0.5, 0.6) is 5.75 Å². The van der Waals surface area contributed by atoms with Gasteiger partial charge in [-0.3, -0.25) is 15.0 Å². The highest BCUT2D eigenvalue weighted by atomic mass is 16.5. The van der Waals surface area contributed by atoms with Crippen LogP contribution in [0.3, 0.4) is 0 Å². The lowest BCUT2D eigenvalue weighted by molar-refractivity contribution is -0.114. The quantitative estimate of drug-likeness (QED) is 0.538. The summed E-state index contributed by atoms with van der Waals surface area (Å²) < 4.78 is 5.55. The van der Waals surface area contributed by atoms with E-state index in [9.17, 15) is 9.59 Å². The van der Waals surface area contributed by atoms with Crippen LogP contribution in [0.15, 0.2) is 48.5 Å². The predicted octanol–water partition coefficient (Wildman–Crippen LogP) is 2.27. The van der Waals surface area contributed by atoms with Gasteiger partial charge in [-0.05, 0) is 42.8 Å². The Bertz CT molecular complexity index is 699. The summed E-state index contributed by atoms with van der Waals surface area (Å²) in [6.45, 7) is 4.21. The van der Waals surface area contributed by atoms with E-state index in [1.54, 1.807) is 30.3 Å². The van der Waals surface area contributed by atoms with E-state index in [4.69, 9.17) is 4.74 Å². The van der Waals surface area contributed by atoms with Crippen LogP contribution >= 0.6 is 0 Å². The van der Waals surface area contributed by atoms with E-state index in [0.29, 0.717) is 24.5 Å². The Kier molecular flexibility index (Phi) is 6.33. The largest absolute Gasteiger partial charge is 0.492 e. The van der Waals surface area contributed by atoms with Gasteiger partial charge in [0.15, 0.2) is 0 Å². The standard InChI is InChI=1S/C18H21N3O3/c1-13-5-3-4-6-17(13)18(23)21-19-11-12-24-16-9-7-15(8-10-16)20-14(2)22/h3-10,19H,11-12H2,1-2H3,(H,20,22)(H,21,23). The molecule has 0 aromatic heterocycles. The van der Waals surface area contributed by atoms with Crippen LogP contribution in [-0.4, -0.2) is 25.0 Å². The van der Waals surface area contributed by atoms with Crippen molar-refractivity contribution in [1.82, 2.24) is 10.9 Å². The third-order valence-corrected chi connectivity index (χ3v) is 3.26. The fourth-order valence-corrected chi connectivity index (χ4v) is 2.10.